The van der Waals surface area contributed by atoms with E-state index in [9.17, 15) is 4.39 Å². The molecule has 1 aliphatic rings. The molecule has 0 aliphatic carbocycles. The third-order valence-corrected chi connectivity index (χ3v) is 4.35. The molecule has 0 spiro atoms. The average Bonchev–Trinajstić information content (AvgIpc) is 2.82. The molecule has 3 nitrogen and oxygen atoms in total. The molecular formula is C17H15FN2OS. The molecule has 0 unspecified atom stereocenters. The monoisotopic (exact) mass is 314 g/mol. The van der Waals surface area contributed by atoms with Crippen molar-refractivity contribution in [1.82, 2.24) is 0 Å². The zero-order valence-corrected chi connectivity index (χ0v) is 12.9. The number of nitrogens with two attached hydrogens (primary N) is 1. The highest BCUT2D eigenvalue weighted by Crippen LogP contribution is 2.45. The van der Waals surface area contributed by atoms with Gasteiger partial charge in [0.05, 0.1) is 23.5 Å². The van der Waals surface area contributed by atoms with Gasteiger partial charge in [0.1, 0.15) is 11.6 Å². The van der Waals surface area contributed by atoms with Crippen molar-refractivity contribution < 1.29 is 9.13 Å². The van der Waals surface area contributed by atoms with Gasteiger partial charge < -0.3 is 15.4 Å². The third kappa shape index (κ3) is 2.67. The summed E-state index contributed by atoms with van der Waals surface area (Å²) >= 11 is 1.43. The average molecular weight is 314 g/mol. The maximum atomic E-state index is 13.3. The minimum atomic E-state index is -0.256. The van der Waals surface area contributed by atoms with E-state index in [1.165, 1.54) is 23.9 Å². The molecule has 0 bridgehead atoms. The molecule has 0 aromatic heterocycles. The van der Waals surface area contributed by atoms with Crippen molar-refractivity contribution in [3.8, 4) is 5.75 Å². The van der Waals surface area contributed by atoms with Crippen LogP contribution in [-0.4, -0.2) is 7.11 Å². The molecule has 0 atom stereocenters. The van der Waals surface area contributed by atoms with Crippen molar-refractivity contribution in [3.63, 3.8) is 0 Å². The zero-order valence-electron chi connectivity index (χ0n) is 12.0. The van der Waals surface area contributed by atoms with Crippen LogP contribution in [0.1, 0.15) is 5.56 Å². The number of methoxy groups -OCH3 is 1. The van der Waals surface area contributed by atoms with Crippen LogP contribution in [0, 0.1) is 5.82 Å². The van der Waals surface area contributed by atoms with Crippen molar-refractivity contribution in [2.45, 2.75) is 4.90 Å². The first-order valence-corrected chi connectivity index (χ1v) is 7.47. The Labute approximate surface area is 132 Å². The molecule has 2 aromatic rings. The van der Waals surface area contributed by atoms with E-state index in [0.717, 1.165) is 26.9 Å². The van der Waals surface area contributed by atoms with Crippen molar-refractivity contribution in [3.05, 3.63) is 71.7 Å². The molecule has 22 heavy (non-hydrogen) atoms. The van der Waals surface area contributed by atoms with Crippen LogP contribution in [0.4, 0.5) is 10.1 Å². The quantitative estimate of drug-likeness (QED) is 0.922. The Morgan fingerprint density at radius 3 is 2.68 bits per heavy atom. The lowest BCUT2D eigenvalue weighted by atomic mass is 10.1. The van der Waals surface area contributed by atoms with Crippen molar-refractivity contribution in [2.24, 2.45) is 5.73 Å². The highest BCUT2D eigenvalue weighted by atomic mass is 32.2. The molecule has 112 valence electrons. The standard InChI is InChI=1S/C17H15FN2OS/c1-11-20(16-8-5-13(18)9-17(16)22-11)10-15(19)12-3-6-14(21-2)7-4-12/h3-10H,1,19H2,2H3/b15-10-. The fraction of sp³-hybridized carbons (Fsp3) is 0.0588. The molecule has 2 aromatic carbocycles. The van der Waals surface area contributed by atoms with Crippen molar-refractivity contribution in [1.29, 1.82) is 0 Å². The van der Waals surface area contributed by atoms with E-state index in [1.54, 1.807) is 19.4 Å². The molecule has 2 N–H and O–H groups in total. The van der Waals surface area contributed by atoms with Crippen LogP contribution in [0.5, 0.6) is 5.75 Å². The van der Waals surface area contributed by atoms with Crippen molar-refractivity contribution >= 4 is 23.1 Å². The largest absolute Gasteiger partial charge is 0.497 e. The number of nitrogens with zero attached hydrogens (tertiary/aromatic N) is 1. The summed E-state index contributed by atoms with van der Waals surface area (Å²) in [5.41, 5.74) is 8.53. The van der Waals surface area contributed by atoms with Gasteiger partial charge in [-0.05, 0) is 48.0 Å². The van der Waals surface area contributed by atoms with Gasteiger partial charge in [-0.15, -0.1) is 0 Å². The Morgan fingerprint density at radius 2 is 2.00 bits per heavy atom. The predicted octanol–water partition coefficient (Wildman–Crippen LogP) is 4.17. The van der Waals surface area contributed by atoms with Gasteiger partial charge in [0.25, 0.3) is 0 Å². The normalized spacial score (nSPS) is 14.2. The Kier molecular flexibility index (Phi) is 3.81. The number of anilines is 1. The summed E-state index contributed by atoms with van der Waals surface area (Å²) in [5.74, 6) is 0.520. The van der Waals surface area contributed by atoms with Gasteiger partial charge in [0.2, 0.25) is 0 Å². The maximum absolute atomic E-state index is 13.3. The molecule has 5 heteroatoms. The smallest absolute Gasteiger partial charge is 0.124 e. The lowest BCUT2D eigenvalue weighted by molar-refractivity contribution is 0.415. The van der Waals surface area contributed by atoms with E-state index in [4.69, 9.17) is 10.5 Å². The summed E-state index contributed by atoms with van der Waals surface area (Å²) in [6.45, 7) is 4.00. The summed E-state index contributed by atoms with van der Waals surface area (Å²) in [7, 11) is 1.62. The van der Waals surface area contributed by atoms with Gasteiger partial charge in [-0.2, -0.15) is 0 Å². The Bertz CT molecular complexity index is 756. The van der Waals surface area contributed by atoms with E-state index in [-0.39, 0.29) is 5.82 Å². The number of fused-ring (bicyclic) bond motifs is 1. The summed E-state index contributed by atoms with van der Waals surface area (Å²) in [4.78, 5) is 2.71. The van der Waals surface area contributed by atoms with E-state index >= 15 is 0 Å². The van der Waals surface area contributed by atoms with Gasteiger partial charge >= 0.3 is 0 Å². The molecule has 0 radical (unpaired) electrons. The SMILES string of the molecule is C=C1Sc2cc(F)ccc2N1/C=C(\N)c1ccc(OC)cc1. The minimum Gasteiger partial charge on any atom is -0.497 e. The second-order valence-electron chi connectivity index (χ2n) is 4.79. The van der Waals surface area contributed by atoms with Gasteiger partial charge in [-0.1, -0.05) is 18.3 Å². The van der Waals surface area contributed by atoms with Crippen LogP contribution in [0.3, 0.4) is 0 Å². The van der Waals surface area contributed by atoms with Crippen LogP contribution in [0.25, 0.3) is 5.70 Å². The number of benzene rings is 2. The second-order valence-corrected chi connectivity index (χ2v) is 5.91. The minimum absolute atomic E-state index is 0.256. The molecule has 0 saturated heterocycles. The zero-order chi connectivity index (χ0) is 15.7. The van der Waals surface area contributed by atoms with Crippen LogP contribution >= 0.6 is 11.8 Å². The second kappa shape index (κ2) is 5.77. The summed E-state index contributed by atoms with van der Waals surface area (Å²) in [6.07, 6.45) is 1.81. The first-order valence-electron chi connectivity index (χ1n) is 6.66. The van der Waals surface area contributed by atoms with Gasteiger partial charge in [-0.3, -0.25) is 0 Å². The topological polar surface area (TPSA) is 38.5 Å². The van der Waals surface area contributed by atoms with E-state index in [0.29, 0.717) is 5.70 Å². The molecule has 3 rings (SSSR count). The number of rotatable bonds is 3. The number of ether oxygens (including phenoxy) is 1. The fourth-order valence-electron chi connectivity index (χ4n) is 2.22. The van der Waals surface area contributed by atoms with E-state index < -0.39 is 0 Å². The lowest BCUT2D eigenvalue weighted by Gasteiger charge is -2.16. The van der Waals surface area contributed by atoms with Gasteiger partial charge in [0, 0.05) is 11.1 Å². The molecule has 1 aliphatic heterocycles. The van der Waals surface area contributed by atoms with Gasteiger partial charge in [0.15, 0.2) is 0 Å². The molecular weight excluding hydrogens is 299 g/mol. The molecule has 0 amide bonds. The van der Waals surface area contributed by atoms with Crippen LogP contribution in [0.15, 0.2) is 65.2 Å². The third-order valence-electron chi connectivity index (χ3n) is 3.37. The summed E-state index contributed by atoms with van der Waals surface area (Å²) < 4.78 is 18.4. The highest BCUT2D eigenvalue weighted by Gasteiger charge is 2.23. The number of thioether (sulfide) groups is 1. The van der Waals surface area contributed by atoms with Crippen LogP contribution < -0.4 is 15.4 Å². The lowest BCUT2D eigenvalue weighted by Crippen LogP contribution is -2.11. The fourth-order valence-corrected chi connectivity index (χ4v) is 3.16. The molecule has 1 heterocycles. The number of hydrogen-bond donors (Lipinski definition) is 1. The van der Waals surface area contributed by atoms with Crippen LogP contribution in [0.2, 0.25) is 0 Å². The Hall–Kier alpha value is -2.40. The predicted molar refractivity (Wildman–Crippen MR) is 89.0 cm³/mol. The van der Waals surface area contributed by atoms with Gasteiger partial charge in [-0.25, -0.2) is 4.39 Å². The first kappa shape index (κ1) is 14.5. The first-order chi connectivity index (χ1) is 10.6. The Morgan fingerprint density at radius 1 is 1.27 bits per heavy atom. The molecule has 0 fully saturated rings. The maximum Gasteiger partial charge on any atom is 0.124 e. The molecule has 0 saturated carbocycles. The number of hydrogen-bond acceptors (Lipinski definition) is 4. The number of halogens is 1. The van der Waals surface area contributed by atoms with E-state index in [1.807, 2.05) is 29.2 Å². The summed E-state index contributed by atoms with van der Waals surface area (Å²) in [5, 5.41) is 0.789. The van der Waals surface area contributed by atoms with Crippen molar-refractivity contribution in [2.75, 3.05) is 12.0 Å². The Balaban J connectivity index is 1.92. The van der Waals surface area contributed by atoms with Crippen LogP contribution in [-0.2, 0) is 0 Å². The van der Waals surface area contributed by atoms with E-state index in [2.05, 4.69) is 6.58 Å². The highest BCUT2D eigenvalue weighted by molar-refractivity contribution is 8.03. The summed E-state index contributed by atoms with van der Waals surface area (Å²) in [6, 6.07) is 12.2.